The molecule has 1 atom stereocenters. The van der Waals surface area contributed by atoms with Gasteiger partial charge in [0.2, 0.25) is 5.91 Å². The molecule has 0 bridgehead atoms. The number of carbonyl (C=O) groups excluding carboxylic acids is 2. The van der Waals surface area contributed by atoms with Crippen LogP contribution in [0.2, 0.25) is 0 Å². The molecule has 2 aromatic heterocycles. The first-order chi connectivity index (χ1) is 14.0. The molecule has 0 unspecified atom stereocenters. The third kappa shape index (κ3) is 3.19. The molecule has 29 heavy (non-hydrogen) atoms. The third-order valence-electron chi connectivity index (χ3n) is 5.92. The van der Waals surface area contributed by atoms with E-state index in [1.807, 2.05) is 6.07 Å². The fraction of sp³-hybridized carbons (Fsp3) is 0.364. The van der Waals surface area contributed by atoms with E-state index in [0.29, 0.717) is 29.7 Å². The first kappa shape index (κ1) is 18.2. The van der Waals surface area contributed by atoms with E-state index in [0.717, 1.165) is 40.9 Å². The number of nitrogens with zero attached hydrogens (tertiary/aromatic N) is 2. The third-order valence-corrected chi connectivity index (χ3v) is 7.08. The van der Waals surface area contributed by atoms with Crippen LogP contribution in [0, 0.1) is 5.92 Å². The number of hydrogen-bond acceptors (Lipinski definition) is 5. The van der Waals surface area contributed by atoms with Crippen LogP contribution in [0.1, 0.15) is 46.1 Å². The Hall–Kier alpha value is -2.80. The minimum Gasteiger partial charge on any atom is -0.326 e. The number of nitrogens with one attached hydrogen (secondary N) is 1. The number of Topliss-reactive ketones (excluding diaryl/α,β-unsaturated/α-hetero) is 1. The standard InChI is InChI=1S/C22H21N3O3S/c1-12-2-5-15-18(8-12)29-21-20(15)22(28)25(11-23-21)10-17(26)14-3-6-16-13(9-14)4-7-19(27)24-16/h3,6,9,11-12H,2,4-5,7-8,10H2,1H3,(H,24,27)/t12-/m1/s1. The minimum absolute atomic E-state index is 0.00371. The molecule has 1 aliphatic heterocycles. The molecule has 7 heteroatoms. The number of aryl methyl sites for hydroxylation is 2. The van der Waals surface area contributed by atoms with Crippen LogP contribution in [0.5, 0.6) is 0 Å². The van der Waals surface area contributed by atoms with E-state index < -0.39 is 0 Å². The van der Waals surface area contributed by atoms with Crippen molar-refractivity contribution in [3.63, 3.8) is 0 Å². The molecule has 0 fully saturated rings. The van der Waals surface area contributed by atoms with Crippen molar-refractivity contribution in [3.05, 3.63) is 56.4 Å². The van der Waals surface area contributed by atoms with Crippen LogP contribution < -0.4 is 10.9 Å². The zero-order valence-corrected chi connectivity index (χ0v) is 17.0. The predicted molar refractivity (Wildman–Crippen MR) is 113 cm³/mol. The summed E-state index contributed by atoms with van der Waals surface area (Å²) in [4.78, 5) is 44.0. The molecule has 0 spiro atoms. The van der Waals surface area contributed by atoms with Gasteiger partial charge in [-0.05, 0) is 60.9 Å². The van der Waals surface area contributed by atoms with E-state index in [4.69, 9.17) is 0 Å². The Bertz CT molecular complexity index is 1220. The number of fused-ring (bicyclic) bond motifs is 4. The van der Waals surface area contributed by atoms with Crippen molar-refractivity contribution < 1.29 is 9.59 Å². The Labute approximate surface area is 171 Å². The number of rotatable bonds is 3. The molecule has 3 aromatic rings. The van der Waals surface area contributed by atoms with E-state index in [9.17, 15) is 14.4 Å². The number of anilines is 1. The van der Waals surface area contributed by atoms with Crippen molar-refractivity contribution >= 4 is 38.9 Å². The predicted octanol–water partition coefficient (Wildman–Crippen LogP) is 3.35. The highest BCUT2D eigenvalue weighted by Gasteiger charge is 2.24. The van der Waals surface area contributed by atoms with Gasteiger partial charge in [0, 0.05) is 22.5 Å². The summed E-state index contributed by atoms with van der Waals surface area (Å²) in [5, 5.41) is 3.51. The number of carbonyl (C=O) groups is 2. The average Bonchev–Trinajstić information content (AvgIpc) is 3.07. The molecule has 0 radical (unpaired) electrons. The highest BCUT2D eigenvalue weighted by molar-refractivity contribution is 7.18. The molecule has 1 N–H and O–H groups in total. The number of thiophene rings is 1. The van der Waals surface area contributed by atoms with Crippen molar-refractivity contribution in [2.75, 3.05) is 5.32 Å². The first-order valence-corrected chi connectivity index (χ1v) is 10.8. The van der Waals surface area contributed by atoms with Crippen LogP contribution in [0.3, 0.4) is 0 Å². The van der Waals surface area contributed by atoms with Gasteiger partial charge in [0.1, 0.15) is 4.83 Å². The van der Waals surface area contributed by atoms with Gasteiger partial charge in [0.05, 0.1) is 18.3 Å². The van der Waals surface area contributed by atoms with Gasteiger partial charge in [-0.1, -0.05) is 6.92 Å². The summed E-state index contributed by atoms with van der Waals surface area (Å²) in [6.07, 6.45) is 5.52. The molecular weight excluding hydrogens is 386 g/mol. The highest BCUT2D eigenvalue weighted by Crippen LogP contribution is 2.35. The largest absolute Gasteiger partial charge is 0.326 e. The lowest BCUT2D eigenvalue weighted by molar-refractivity contribution is -0.116. The van der Waals surface area contributed by atoms with Gasteiger partial charge in [0.25, 0.3) is 5.56 Å². The molecule has 3 heterocycles. The number of hydrogen-bond donors (Lipinski definition) is 1. The monoisotopic (exact) mass is 407 g/mol. The number of ketones is 1. The van der Waals surface area contributed by atoms with Gasteiger partial charge >= 0.3 is 0 Å². The van der Waals surface area contributed by atoms with Crippen molar-refractivity contribution in [1.29, 1.82) is 0 Å². The Morgan fingerprint density at radius 3 is 3.00 bits per heavy atom. The van der Waals surface area contributed by atoms with Crippen molar-refractivity contribution in [2.24, 2.45) is 5.92 Å². The van der Waals surface area contributed by atoms with Crippen LogP contribution >= 0.6 is 11.3 Å². The van der Waals surface area contributed by atoms with Gasteiger partial charge in [-0.2, -0.15) is 0 Å². The molecule has 5 rings (SSSR count). The molecule has 0 saturated heterocycles. The lowest BCUT2D eigenvalue weighted by Gasteiger charge is -2.17. The Morgan fingerprint density at radius 1 is 1.28 bits per heavy atom. The molecule has 6 nitrogen and oxygen atoms in total. The zero-order valence-electron chi connectivity index (χ0n) is 16.2. The quantitative estimate of drug-likeness (QED) is 0.675. The second-order valence-electron chi connectivity index (χ2n) is 8.05. The summed E-state index contributed by atoms with van der Waals surface area (Å²) >= 11 is 1.61. The molecule has 2 aliphatic rings. The van der Waals surface area contributed by atoms with E-state index in [-0.39, 0.29) is 23.8 Å². The molecule has 1 aliphatic carbocycles. The zero-order chi connectivity index (χ0) is 20.1. The number of amides is 1. The van der Waals surface area contributed by atoms with E-state index in [1.165, 1.54) is 15.8 Å². The first-order valence-electron chi connectivity index (χ1n) is 9.95. The summed E-state index contributed by atoms with van der Waals surface area (Å²) < 4.78 is 1.43. The Balaban J connectivity index is 1.46. The van der Waals surface area contributed by atoms with E-state index in [2.05, 4.69) is 17.2 Å². The van der Waals surface area contributed by atoms with Crippen molar-refractivity contribution in [3.8, 4) is 0 Å². The van der Waals surface area contributed by atoms with Gasteiger partial charge in [-0.15, -0.1) is 11.3 Å². The average molecular weight is 407 g/mol. The Kier molecular flexibility index (Phi) is 4.35. The van der Waals surface area contributed by atoms with Crippen molar-refractivity contribution in [1.82, 2.24) is 9.55 Å². The summed E-state index contributed by atoms with van der Waals surface area (Å²) in [5.74, 6) is 0.495. The second kappa shape index (κ2) is 6.91. The Morgan fingerprint density at radius 2 is 2.14 bits per heavy atom. The summed E-state index contributed by atoms with van der Waals surface area (Å²) in [6.45, 7) is 2.20. The lowest BCUT2D eigenvalue weighted by atomic mass is 9.89. The van der Waals surface area contributed by atoms with Gasteiger partial charge in [-0.3, -0.25) is 19.0 Å². The molecule has 0 saturated carbocycles. The smallest absolute Gasteiger partial charge is 0.262 e. The van der Waals surface area contributed by atoms with Gasteiger partial charge in [-0.25, -0.2) is 4.98 Å². The SMILES string of the molecule is C[C@@H]1CCc2c(sc3ncn(CC(=O)c4ccc5c(c4)CCC(=O)N5)c(=O)c23)C1. The van der Waals surface area contributed by atoms with Gasteiger partial charge < -0.3 is 5.32 Å². The minimum atomic E-state index is -0.134. The fourth-order valence-corrected chi connectivity index (χ4v) is 5.62. The second-order valence-corrected chi connectivity index (χ2v) is 9.14. The normalized spacial score (nSPS) is 18.2. The van der Waals surface area contributed by atoms with Crippen LogP contribution in [0.4, 0.5) is 5.69 Å². The van der Waals surface area contributed by atoms with Crippen molar-refractivity contribution in [2.45, 2.75) is 45.6 Å². The highest BCUT2D eigenvalue weighted by atomic mass is 32.1. The van der Waals surface area contributed by atoms with Crippen LogP contribution in [0.15, 0.2) is 29.3 Å². The molecule has 148 valence electrons. The molecule has 1 aromatic carbocycles. The van der Waals surface area contributed by atoms with Crippen LogP contribution in [0.25, 0.3) is 10.2 Å². The van der Waals surface area contributed by atoms with Gasteiger partial charge in [0.15, 0.2) is 5.78 Å². The van der Waals surface area contributed by atoms with E-state index in [1.54, 1.807) is 23.5 Å². The maximum Gasteiger partial charge on any atom is 0.262 e. The maximum atomic E-state index is 13.1. The summed E-state index contributed by atoms with van der Waals surface area (Å²) in [7, 11) is 0. The molecular formula is C22H21N3O3S. The fourth-order valence-electron chi connectivity index (χ4n) is 4.28. The summed E-state index contributed by atoms with van der Waals surface area (Å²) in [6, 6.07) is 5.29. The van der Waals surface area contributed by atoms with Crippen LogP contribution in [-0.4, -0.2) is 21.2 Å². The van der Waals surface area contributed by atoms with E-state index >= 15 is 0 Å². The molecule has 1 amide bonds. The topological polar surface area (TPSA) is 81.1 Å². The number of benzene rings is 1. The maximum absolute atomic E-state index is 13.1. The number of aromatic nitrogens is 2. The lowest BCUT2D eigenvalue weighted by Crippen LogP contribution is -2.25. The van der Waals surface area contributed by atoms with Crippen LogP contribution in [-0.2, 0) is 30.6 Å². The summed E-state index contributed by atoms with van der Waals surface area (Å²) in [5.41, 5.74) is 3.27.